The summed E-state index contributed by atoms with van der Waals surface area (Å²) in [5, 5.41) is 3.46. The number of hydrogen-bond donors (Lipinski definition) is 4. The van der Waals surface area contributed by atoms with Crippen molar-refractivity contribution in [3.05, 3.63) is 65.9 Å². The summed E-state index contributed by atoms with van der Waals surface area (Å²) in [5.74, 6) is -1.06. The van der Waals surface area contributed by atoms with Crippen LogP contribution in [0.4, 0.5) is 15.3 Å². The first-order chi connectivity index (χ1) is 18.6. The quantitative estimate of drug-likeness (QED) is 0.357. The third-order valence-electron chi connectivity index (χ3n) is 6.13. The summed E-state index contributed by atoms with van der Waals surface area (Å²) in [6.07, 6.45) is 1.78. The number of nitrogens with zero attached hydrogens (tertiary/aromatic N) is 1. The van der Waals surface area contributed by atoms with Crippen molar-refractivity contribution in [2.24, 2.45) is 0 Å². The summed E-state index contributed by atoms with van der Waals surface area (Å²) in [5.41, 5.74) is 7.18. The number of carbonyl (C=O) groups is 4. The molecule has 2 aromatic carbocycles. The van der Waals surface area contributed by atoms with E-state index >= 15 is 0 Å². The van der Waals surface area contributed by atoms with Gasteiger partial charge in [-0.25, -0.2) is 15.0 Å². The fourth-order valence-corrected chi connectivity index (χ4v) is 4.41. The van der Waals surface area contributed by atoms with Crippen LogP contribution in [0.5, 0.6) is 0 Å². The number of anilines is 1. The number of aromatic nitrogens is 1. The fraction of sp³-hybridized carbons (Fsp3) is 0.357. The normalized spacial score (nSPS) is 13.7. The van der Waals surface area contributed by atoms with Crippen molar-refractivity contribution in [3.63, 3.8) is 0 Å². The molecule has 39 heavy (non-hydrogen) atoms. The van der Waals surface area contributed by atoms with Crippen LogP contribution in [0.3, 0.4) is 0 Å². The van der Waals surface area contributed by atoms with Gasteiger partial charge in [-0.2, -0.15) is 0 Å². The molecule has 0 spiro atoms. The van der Waals surface area contributed by atoms with Gasteiger partial charge in [0, 0.05) is 35.8 Å². The molecule has 0 fully saturated rings. The SMILES string of the molecule is CC(C)(C)OC(=O)N[C@H](Cc1c[nH]c2ccccc12)C(=O)NNC(=O)OCC(=O)N1CCCc2ccccc21. The number of nitrogens with one attached hydrogen (secondary N) is 4. The van der Waals surface area contributed by atoms with E-state index in [0.717, 1.165) is 40.6 Å². The third-order valence-corrected chi connectivity index (χ3v) is 6.13. The molecular weight excluding hydrogens is 502 g/mol. The third kappa shape index (κ3) is 7.28. The van der Waals surface area contributed by atoms with Gasteiger partial charge in [0.15, 0.2) is 6.61 Å². The van der Waals surface area contributed by atoms with Crippen LogP contribution < -0.4 is 21.1 Å². The molecule has 0 unspecified atom stereocenters. The van der Waals surface area contributed by atoms with E-state index in [2.05, 4.69) is 21.2 Å². The summed E-state index contributed by atoms with van der Waals surface area (Å²) in [6, 6.07) is 14.1. The first-order valence-corrected chi connectivity index (χ1v) is 12.8. The predicted molar refractivity (Wildman–Crippen MR) is 145 cm³/mol. The minimum absolute atomic E-state index is 0.124. The summed E-state index contributed by atoms with van der Waals surface area (Å²) in [7, 11) is 0. The Balaban J connectivity index is 1.34. The maximum atomic E-state index is 13.0. The van der Waals surface area contributed by atoms with Crippen LogP contribution >= 0.6 is 0 Å². The van der Waals surface area contributed by atoms with Crippen molar-refractivity contribution >= 4 is 40.6 Å². The molecule has 11 nitrogen and oxygen atoms in total. The number of carbonyl (C=O) groups excluding carboxylic acids is 4. The van der Waals surface area contributed by atoms with E-state index < -0.39 is 36.3 Å². The van der Waals surface area contributed by atoms with E-state index in [9.17, 15) is 19.2 Å². The largest absolute Gasteiger partial charge is 0.444 e. The van der Waals surface area contributed by atoms with Gasteiger partial charge in [0.2, 0.25) is 0 Å². The molecule has 0 aliphatic carbocycles. The zero-order valence-electron chi connectivity index (χ0n) is 22.2. The van der Waals surface area contributed by atoms with Gasteiger partial charge in [0.1, 0.15) is 11.6 Å². The Labute approximate surface area is 226 Å². The molecular formula is C28H33N5O6. The molecule has 4 rings (SSSR count). The number of para-hydroxylation sites is 2. The van der Waals surface area contributed by atoms with Gasteiger partial charge >= 0.3 is 12.2 Å². The minimum atomic E-state index is -1.08. The lowest BCUT2D eigenvalue weighted by atomic mass is 10.0. The molecule has 11 heteroatoms. The average molecular weight is 536 g/mol. The first-order valence-electron chi connectivity index (χ1n) is 12.8. The molecule has 0 saturated heterocycles. The number of aromatic amines is 1. The van der Waals surface area contributed by atoms with E-state index in [-0.39, 0.29) is 12.3 Å². The molecule has 206 valence electrons. The van der Waals surface area contributed by atoms with E-state index in [1.165, 1.54) is 0 Å². The van der Waals surface area contributed by atoms with Crippen LogP contribution in [0.1, 0.15) is 38.3 Å². The van der Waals surface area contributed by atoms with Crippen LogP contribution in [0.2, 0.25) is 0 Å². The number of benzene rings is 2. The van der Waals surface area contributed by atoms with Gasteiger partial charge in [-0.1, -0.05) is 36.4 Å². The van der Waals surface area contributed by atoms with Crippen LogP contribution in [-0.2, 0) is 31.9 Å². The lowest BCUT2D eigenvalue weighted by molar-refractivity contribution is -0.124. The highest BCUT2D eigenvalue weighted by Crippen LogP contribution is 2.26. The maximum absolute atomic E-state index is 13.0. The standard InChI is InChI=1S/C28H33N5O6/c1-28(2,3)39-26(36)30-22(15-19-16-29-21-12-6-5-11-20(19)21)25(35)31-32-27(37)38-17-24(34)33-14-8-10-18-9-4-7-13-23(18)33/h4-7,9,11-13,16,22,29H,8,10,14-15,17H2,1-3H3,(H,30,36)(H,31,35)(H,32,37)/t22-/m1/s1. The van der Waals surface area contributed by atoms with E-state index in [0.29, 0.717) is 6.54 Å². The predicted octanol–water partition coefficient (Wildman–Crippen LogP) is 3.34. The highest BCUT2D eigenvalue weighted by molar-refractivity contribution is 5.96. The average Bonchev–Trinajstić information content (AvgIpc) is 3.31. The van der Waals surface area contributed by atoms with Crippen LogP contribution in [0.25, 0.3) is 10.9 Å². The molecule has 4 N–H and O–H groups in total. The highest BCUT2D eigenvalue weighted by Gasteiger charge is 2.27. The Morgan fingerprint density at radius 3 is 2.54 bits per heavy atom. The molecule has 1 aliphatic rings. The molecule has 0 bridgehead atoms. The van der Waals surface area contributed by atoms with Gasteiger partial charge in [-0.3, -0.25) is 15.0 Å². The summed E-state index contributed by atoms with van der Waals surface area (Å²) < 4.78 is 10.3. The highest BCUT2D eigenvalue weighted by atomic mass is 16.6. The van der Waals surface area contributed by atoms with E-state index in [4.69, 9.17) is 9.47 Å². The Hall–Kier alpha value is -4.54. The monoisotopic (exact) mass is 535 g/mol. The van der Waals surface area contributed by atoms with Crippen LogP contribution in [0, 0.1) is 0 Å². The van der Waals surface area contributed by atoms with E-state index in [1.54, 1.807) is 31.9 Å². The number of hydrogen-bond acceptors (Lipinski definition) is 6. The Morgan fingerprint density at radius 1 is 1.00 bits per heavy atom. The molecule has 0 radical (unpaired) electrons. The van der Waals surface area contributed by atoms with Crippen molar-refractivity contribution in [2.75, 3.05) is 18.1 Å². The number of aryl methyl sites for hydroxylation is 1. The van der Waals surface area contributed by atoms with E-state index in [1.807, 2.05) is 48.5 Å². The summed E-state index contributed by atoms with van der Waals surface area (Å²) in [4.78, 5) is 55.1. The number of H-pyrrole nitrogens is 1. The molecule has 2 heterocycles. The number of ether oxygens (including phenoxy) is 2. The second-order valence-electron chi connectivity index (χ2n) is 10.2. The zero-order valence-corrected chi connectivity index (χ0v) is 22.2. The number of alkyl carbamates (subject to hydrolysis) is 1. The smallest absolute Gasteiger partial charge is 0.426 e. The zero-order chi connectivity index (χ0) is 28.0. The second-order valence-corrected chi connectivity index (χ2v) is 10.2. The van der Waals surface area contributed by atoms with Gasteiger partial charge in [-0.15, -0.1) is 0 Å². The number of fused-ring (bicyclic) bond motifs is 2. The van der Waals surface area contributed by atoms with Crippen molar-refractivity contribution in [2.45, 2.75) is 51.7 Å². The Bertz CT molecular complexity index is 1360. The second kappa shape index (κ2) is 11.9. The number of amides is 4. The topological polar surface area (TPSA) is 142 Å². The minimum Gasteiger partial charge on any atom is -0.444 e. The lowest BCUT2D eigenvalue weighted by Crippen LogP contribution is -2.54. The van der Waals surface area contributed by atoms with Crippen molar-refractivity contribution in [3.8, 4) is 0 Å². The van der Waals surface area contributed by atoms with Crippen molar-refractivity contribution < 1.29 is 28.7 Å². The Morgan fingerprint density at radius 2 is 1.74 bits per heavy atom. The molecule has 4 amide bonds. The molecule has 1 atom stereocenters. The Kier molecular flexibility index (Phi) is 8.38. The fourth-order valence-electron chi connectivity index (χ4n) is 4.41. The van der Waals surface area contributed by atoms with Crippen molar-refractivity contribution in [1.29, 1.82) is 0 Å². The molecule has 1 aliphatic heterocycles. The number of rotatable bonds is 6. The molecule has 1 aromatic heterocycles. The van der Waals surface area contributed by atoms with Gasteiger partial charge in [0.25, 0.3) is 11.8 Å². The van der Waals surface area contributed by atoms with Gasteiger partial charge in [0.05, 0.1) is 0 Å². The van der Waals surface area contributed by atoms with Crippen LogP contribution in [0.15, 0.2) is 54.7 Å². The summed E-state index contributed by atoms with van der Waals surface area (Å²) in [6.45, 7) is 5.17. The molecule has 3 aromatic rings. The van der Waals surface area contributed by atoms with Crippen LogP contribution in [-0.4, -0.2) is 53.8 Å². The maximum Gasteiger partial charge on any atom is 0.426 e. The van der Waals surface area contributed by atoms with Gasteiger partial charge in [-0.05, 0) is 56.9 Å². The van der Waals surface area contributed by atoms with Gasteiger partial charge < -0.3 is 24.7 Å². The molecule has 0 saturated carbocycles. The van der Waals surface area contributed by atoms with Crippen molar-refractivity contribution in [1.82, 2.24) is 21.2 Å². The first kappa shape index (κ1) is 27.5. The lowest BCUT2D eigenvalue weighted by Gasteiger charge is -2.29. The summed E-state index contributed by atoms with van der Waals surface area (Å²) >= 11 is 0. The number of hydrazine groups is 1.